The first kappa shape index (κ1) is 8.88. The van der Waals surface area contributed by atoms with Crippen molar-refractivity contribution in [2.45, 2.75) is 13.0 Å². The molecular formula is C12H11NO. The molecule has 2 heteroatoms. The summed E-state index contributed by atoms with van der Waals surface area (Å²) in [5.41, 5.74) is 0.971. The molecule has 2 rings (SSSR count). The molecule has 0 heterocycles. The van der Waals surface area contributed by atoms with Crippen LogP contribution >= 0.6 is 0 Å². The van der Waals surface area contributed by atoms with Crippen molar-refractivity contribution >= 4 is 10.8 Å². The van der Waals surface area contributed by atoms with Crippen molar-refractivity contribution in [2.24, 2.45) is 5.18 Å². The summed E-state index contributed by atoms with van der Waals surface area (Å²) in [7, 11) is 0. The molecule has 0 bridgehead atoms. The Morgan fingerprint density at radius 2 is 1.79 bits per heavy atom. The van der Waals surface area contributed by atoms with Crippen molar-refractivity contribution in [3.8, 4) is 0 Å². The lowest BCUT2D eigenvalue weighted by atomic mass is 10.0. The lowest BCUT2D eigenvalue weighted by molar-refractivity contribution is 0.813. The van der Waals surface area contributed by atoms with Gasteiger partial charge in [-0.25, -0.2) is 0 Å². The van der Waals surface area contributed by atoms with Gasteiger partial charge in [-0.2, -0.15) is 4.91 Å². The summed E-state index contributed by atoms with van der Waals surface area (Å²) in [6.45, 7) is 1.80. The summed E-state index contributed by atoms with van der Waals surface area (Å²) >= 11 is 0. The highest BCUT2D eigenvalue weighted by atomic mass is 16.3. The molecule has 70 valence electrons. The fourth-order valence-electron chi connectivity index (χ4n) is 1.53. The Balaban J connectivity index is 2.56. The number of fused-ring (bicyclic) bond motifs is 1. The fraction of sp³-hybridized carbons (Fsp3) is 0.167. The van der Waals surface area contributed by atoms with Crippen LogP contribution in [0.25, 0.3) is 10.8 Å². The second-order valence-electron chi connectivity index (χ2n) is 3.39. The van der Waals surface area contributed by atoms with Gasteiger partial charge in [0.2, 0.25) is 0 Å². The van der Waals surface area contributed by atoms with Crippen LogP contribution in [0.3, 0.4) is 0 Å². The normalized spacial score (nSPS) is 12.6. The Labute approximate surface area is 82.5 Å². The van der Waals surface area contributed by atoms with E-state index in [9.17, 15) is 4.91 Å². The van der Waals surface area contributed by atoms with Gasteiger partial charge in [-0.3, -0.25) is 0 Å². The first-order valence-electron chi connectivity index (χ1n) is 4.62. The van der Waals surface area contributed by atoms with Gasteiger partial charge in [0.25, 0.3) is 0 Å². The third-order valence-corrected chi connectivity index (χ3v) is 2.41. The molecule has 0 spiro atoms. The van der Waals surface area contributed by atoms with Crippen LogP contribution in [0, 0.1) is 4.91 Å². The molecule has 0 saturated heterocycles. The van der Waals surface area contributed by atoms with E-state index in [-0.39, 0.29) is 6.04 Å². The predicted octanol–water partition coefficient (Wildman–Crippen LogP) is 3.67. The standard InChI is InChI=1S/C12H11NO/c1-9(13-14)11-7-6-10-4-2-3-5-12(10)8-11/h2-9H,1H3. The molecule has 2 aromatic rings. The second kappa shape index (κ2) is 3.58. The minimum Gasteiger partial charge on any atom is -0.150 e. The third-order valence-electron chi connectivity index (χ3n) is 2.41. The number of benzene rings is 2. The largest absolute Gasteiger partial charge is 0.150 e. The number of nitrogens with zero attached hydrogens (tertiary/aromatic N) is 1. The molecule has 0 amide bonds. The zero-order valence-electron chi connectivity index (χ0n) is 7.97. The van der Waals surface area contributed by atoms with Crippen LogP contribution < -0.4 is 0 Å². The first-order valence-corrected chi connectivity index (χ1v) is 4.62. The van der Waals surface area contributed by atoms with E-state index in [0.717, 1.165) is 10.9 Å². The molecule has 1 atom stereocenters. The van der Waals surface area contributed by atoms with E-state index in [1.807, 2.05) is 36.4 Å². The minimum atomic E-state index is -0.264. The topological polar surface area (TPSA) is 29.4 Å². The summed E-state index contributed by atoms with van der Waals surface area (Å²) in [6.07, 6.45) is 0. The SMILES string of the molecule is CC(N=O)c1ccc2ccccc2c1. The number of hydrogen-bond acceptors (Lipinski definition) is 2. The Morgan fingerprint density at radius 1 is 1.07 bits per heavy atom. The highest BCUT2D eigenvalue weighted by molar-refractivity contribution is 5.83. The van der Waals surface area contributed by atoms with Crippen molar-refractivity contribution in [2.75, 3.05) is 0 Å². The minimum absolute atomic E-state index is 0.264. The molecule has 14 heavy (non-hydrogen) atoms. The molecule has 1 unspecified atom stereocenters. The molecule has 0 saturated carbocycles. The zero-order valence-corrected chi connectivity index (χ0v) is 7.97. The van der Waals surface area contributed by atoms with E-state index < -0.39 is 0 Å². The van der Waals surface area contributed by atoms with E-state index in [1.165, 1.54) is 5.39 Å². The van der Waals surface area contributed by atoms with Crippen molar-refractivity contribution < 1.29 is 0 Å². The Morgan fingerprint density at radius 3 is 2.50 bits per heavy atom. The van der Waals surface area contributed by atoms with Crippen molar-refractivity contribution in [1.82, 2.24) is 0 Å². The van der Waals surface area contributed by atoms with Crippen LogP contribution in [0.1, 0.15) is 18.5 Å². The molecule has 0 aliphatic rings. The van der Waals surface area contributed by atoms with Gasteiger partial charge >= 0.3 is 0 Å². The Hall–Kier alpha value is -1.70. The van der Waals surface area contributed by atoms with Gasteiger partial charge in [0.05, 0.1) is 0 Å². The van der Waals surface area contributed by atoms with Gasteiger partial charge in [0.15, 0.2) is 0 Å². The molecule has 0 fully saturated rings. The quantitative estimate of drug-likeness (QED) is 0.656. The molecular weight excluding hydrogens is 174 g/mol. The van der Waals surface area contributed by atoms with E-state index in [1.54, 1.807) is 6.92 Å². The van der Waals surface area contributed by atoms with Gasteiger partial charge in [-0.05, 0) is 29.3 Å². The van der Waals surface area contributed by atoms with E-state index >= 15 is 0 Å². The maximum absolute atomic E-state index is 10.4. The molecule has 0 aliphatic heterocycles. The molecule has 2 aromatic carbocycles. The highest BCUT2D eigenvalue weighted by Crippen LogP contribution is 2.21. The lowest BCUT2D eigenvalue weighted by Crippen LogP contribution is -1.87. The van der Waals surface area contributed by atoms with Gasteiger partial charge in [0.1, 0.15) is 6.04 Å². The van der Waals surface area contributed by atoms with Gasteiger partial charge in [-0.15, -0.1) is 0 Å². The fourth-order valence-corrected chi connectivity index (χ4v) is 1.53. The summed E-state index contributed by atoms with van der Waals surface area (Å²) in [4.78, 5) is 10.4. The molecule has 0 radical (unpaired) electrons. The maximum atomic E-state index is 10.4. The average Bonchev–Trinajstić information content (AvgIpc) is 2.27. The number of nitroso groups, excluding NO2 is 1. The van der Waals surface area contributed by atoms with Gasteiger partial charge in [-0.1, -0.05) is 41.6 Å². The Bertz CT molecular complexity index is 465. The summed E-state index contributed by atoms with van der Waals surface area (Å²) < 4.78 is 0. The highest BCUT2D eigenvalue weighted by Gasteiger charge is 2.04. The third kappa shape index (κ3) is 1.51. The molecule has 0 aromatic heterocycles. The van der Waals surface area contributed by atoms with E-state index in [4.69, 9.17) is 0 Å². The van der Waals surface area contributed by atoms with Gasteiger partial charge in [0, 0.05) is 0 Å². The van der Waals surface area contributed by atoms with Crippen LogP contribution in [0.2, 0.25) is 0 Å². The predicted molar refractivity (Wildman–Crippen MR) is 58.2 cm³/mol. The molecule has 0 N–H and O–H groups in total. The Kier molecular flexibility index (Phi) is 2.27. The van der Waals surface area contributed by atoms with Crippen molar-refractivity contribution in [3.05, 3.63) is 52.9 Å². The van der Waals surface area contributed by atoms with E-state index in [0.29, 0.717) is 0 Å². The van der Waals surface area contributed by atoms with Crippen LogP contribution in [-0.2, 0) is 0 Å². The molecule has 2 nitrogen and oxygen atoms in total. The summed E-state index contributed by atoms with van der Waals surface area (Å²) in [5, 5.41) is 5.36. The van der Waals surface area contributed by atoms with E-state index in [2.05, 4.69) is 11.2 Å². The van der Waals surface area contributed by atoms with Crippen LogP contribution in [0.15, 0.2) is 47.6 Å². The van der Waals surface area contributed by atoms with Crippen molar-refractivity contribution in [3.63, 3.8) is 0 Å². The smallest absolute Gasteiger partial charge is 0.114 e. The first-order chi connectivity index (χ1) is 6.81. The van der Waals surface area contributed by atoms with Gasteiger partial charge < -0.3 is 0 Å². The summed E-state index contributed by atoms with van der Waals surface area (Å²) in [6, 6.07) is 13.8. The number of rotatable bonds is 2. The second-order valence-corrected chi connectivity index (χ2v) is 3.39. The monoisotopic (exact) mass is 185 g/mol. The van der Waals surface area contributed by atoms with Crippen LogP contribution in [0.4, 0.5) is 0 Å². The van der Waals surface area contributed by atoms with Crippen molar-refractivity contribution in [1.29, 1.82) is 0 Å². The zero-order chi connectivity index (χ0) is 9.97. The van der Waals surface area contributed by atoms with Crippen LogP contribution in [-0.4, -0.2) is 0 Å². The maximum Gasteiger partial charge on any atom is 0.114 e. The lowest BCUT2D eigenvalue weighted by Gasteiger charge is -2.04. The average molecular weight is 185 g/mol. The summed E-state index contributed by atoms with van der Waals surface area (Å²) in [5.74, 6) is 0. The molecule has 0 aliphatic carbocycles. The van der Waals surface area contributed by atoms with Crippen LogP contribution in [0.5, 0.6) is 0 Å². The number of hydrogen-bond donors (Lipinski definition) is 0.